The Labute approximate surface area is 200 Å². The summed E-state index contributed by atoms with van der Waals surface area (Å²) in [5.41, 5.74) is 11.1. The molecule has 0 spiro atoms. The summed E-state index contributed by atoms with van der Waals surface area (Å²) in [5.74, 6) is 0.260. The highest BCUT2D eigenvalue weighted by atomic mass is 35.5. The Hall–Kier alpha value is -2.89. The molecule has 0 aliphatic carbocycles. The first-order valence-electron chi connectivity index (χ1n) is 11.5. The van der Waals surface area contributed by atoms with Gasteiger partial charge in [-0.1, -0.05) is 47.3 Å². The molecule has 3 aromatic rings. The van der Waals surface area contributed by atoms with Gasteiger partial charge >= 0.3 is 0 Å². The van der Waals surface area contributed by atoms with Crippen molar-refractivity contribution in [3.8, 4) is 16.9 Å². The Morgan fingerprint density at radius 3 is 2.70 bits per heavy atom. The molecule has 1 aliphatic rings. The summed E-state index contributed by atoms with van der Waals surface area (Å²) in [6, 6.07) is 10.7. The van der Waals surface area contributed by atoms with Crippen molar-refractivity contribution in [2.24, 2.45) is 5.73 Å². The number of nitrogens with one attached hydrogen (secondary N) is 1. The molecule has 172 valence electrons. The molecule has 5 nitrogen and oxygen atoms in total. The topological polar surface area (TPSA) is 77.2 Å². The van der Waals surface area contributed by atoms with Crippen LogP contribution < -0.4 is 15.8 Å². The summed E-state index contributed by atoms with van der Waals surface area (Å²) in [7, 11) is 0. The lowest BCUT2D eigenvalue weighted by atomic mass is 9.98. The third kappa shape index (κ3) is 5.73. The molecule has 0 saturated carbocycles. The Morgan fingerprint density at radius 2 is 2.00 bits per heavy atom. The van der Waals surface area contributed by atoms with E-state index in [-0.39, 0.29) is 0 Å². The van der Waals surface area contributed by atoms with Crippen molar-refractivity contribution in [2.45, 2.75) is 45.6 Å². The van der Waals surface area contributed by atoms with Gasteiger partial charge in [-0.25, -0.2) is 0 Å². The van der Waals surface area contributed by atoms with Crippen LogP contribution in [0.15, 0.2) is 42.6 Å². The molecule has 6 heteroatoms. The number of carbonyl (C=O) groups is 1. The average Bonchev–Trinajstić information content (AvgIpc) is 2.77. The van der Waals surface area contributed by atoms with Crippen LogP contribution in [-0.2, 0) is 4.79 Å². The quantitative estimate of drug-likeness (QED) is 0.448. The van der Waals surface area contributed by atoms with Crippen LogP contribution in [-0.4, -0.2) is 30.1 Å². The maximum absolute atomic E-state index is 11.3. The normalized spacial score (nSPS) is 16.4. The number of piperidine rings is 1. The number of carbonyl (C=O) groups excluding carboxylic acids is 1. The van der Waals surface area contributed by atoms with Crippen molar-refractivity contribution < 1.29 is 9.53 Å². The molecule has 1 aliphatic heterocycles. The Bertz CT molecular complexity index is 1180. The van der Waals surface area contributed by atoms with E-state index in [2.05, 4.69) is 42.3 Å². The molecule has 1 fully saturated rings. The minimum absolute atomic E-state index is 0.486. The monoisotopic (exact) mass is 463 g/mol. The lowest BCUT2D eigenvalue weighted by Crippen LogP contribution is -2.35. The van der Waals surface area contributed by atoms with Gasteiger partial charge in [0.25, 0.3) is 0 Å². The van der Waals surface area contributed by atoms with Gasteiger partial charge in [-0.2, -0.15) is 0 Å². The second-order valence-corrected chi connectivity index (χ2v) is 9.20. The largest absolute Gasteiger partial charge is 0.492 e. The number of fused-ring (bicyclic) bond motifs is 1. The maximum Gasteiger partial charge on any atom is 0.241 e. The van der Waals surface area contributed by atoms with Crippen molar-refractivity contribution in [3.63, 3.8) is 0 Å². The molecule has 0 unspecified atom stereocenters. The third-order valence-electron chi connectivity index (χ3n) is 6.02. The fourth-order valence-corrected chi connectivity index (χ4v) is 4.69. The molecular formula is C27H30ClN3O2. The smallest absolute Gasteiger partial charge is 0.241 e. The molecule has 2 heterocycles. The fourth-order valence-electron chi connectivity index (χ4n) is 4.47. The molecule has 3 N–H and O–H groups in total. The number of hydrogen-bond donors (Lipinski definition) is 2. The number of ether oxygens (including phenoxy) is 1. The van der Waals surface area contributed by atoms with Crippen LogP contribution in [0.2, 0.25) is 5.02 Å². The predicted octanol–water partition coefficient (Wildman–Crippen LogP) is 5.58. The second-order valence-electron chi connectivity index (χ2n) is 8.79. The van der Waals surface area contributed by atoms with Crippen molar-refractivity contribution >= 4 is 34.5 Å². The van der Waals surface area contributed by atoms with E-state index in [4.69, 9.17) is 22.1 Å². The minimum atomic E-state index is -0.523. The standard InChI is InChI=1S/C27H30ClN3O2/c1-17-11-18(2)13-20(12-17)23-16-31-25-15-24(28)19(6-7-26(29)32)14-22(25)27(23)33-10-8-21-5-3-4-9-30-21/h6-7,11-16,21,30H,3-5,8-10H2,1-2H3,(H2,29,32)/b7-6+/t21-/m0/s1. The lowest BCUT2D eigenvalue weighted by molar-refractivity contribution is -0.113. The zero-order chi connectivity index (χ0) is 23.4. The highest BCUT2D eigenvalue weighted by Crippen LogP contribution is 2.38. The van der Waals surface area contributed by atoms with E-state index in [1.54, 1.807) is 12.1 Å². The molecule has 2 aromatic carbocycles. The number of pyridine rings is 1. The Kier molecular flexibility index (Phi) is 7.31. The van der Waals surface area contributed by atoms with Crippen LogP contribution in [0.5, 0.6) is 5.75 Å². The summed E-state index contributed by atoms with van der Waals surface area (Å²) in [6.45, 7) is 5.86. The number of primary amides is 1. The van der Waals surface area contributed by atoms with Gasteiger partial charge in [-0.3, -0.25) is 9.78 Å². The first-order chi connectivity index (χ1) is 15.9. The highest BCUT2D eigenvalue weighted by molar-refractivity contribution is 6.33. The number of hydrogen-bond acceptors (Lipinski definition) is 4. The van der Waals surface area contributed by atoms with E-state index < -0.39 is 5.91 Å². The molecule has 4 rings (SSSR count). The van der Waals surface area contributed by atoms with Gasteiger partial charge in [0.05, 0.1) is 12.1 Å². The van der Waals surface area contributed by atoms with Crippen LogP contribution >= 0.6 is 11.6 Å². The summed E-state index contributed by atoms with van der Waals surface area (Å²) < 4.78 is 6.47. The van der Waals surface area contributed by atoms with E-state index in [1.807, 2.05) is 12.3 Å². The summed E-state index contributed by atoms with van der Waals surface area (Å²) >= 11 is 6.45. The molecule has 1 aromatic heterocycles. The minimum Gasteiger partial charge on any atom is -0.492 e. The highest BCUT2D eigenvalue weighted by Gasteiger charge is 2.17. The van der Waals surface area contributed by atoms with Gasteiger partial charge in [0.15, 0.2) is 0 Å². The van der Waals surface area contributed by atoms with Crippen LogP contribution in [0.4, 0.5) is 0 Å². The van der Waals surface area contributed by atoms with Crippen molar-refractivity contribution in [2.75, 3.05) is 13.2 Å². The summed E-state index contributed by atoms with van der Waals surface area (Å²) in [5, 5.41) is 4.95. The zero-order valence-electron chi connectivity index (χ0n) is 19.2. The number of aromatic nitrogens is 1. The fraction of sp³-hybridized carbons (Fsp3) is 0.333. The lowest BCUT2D eigenvalue weighted by Gasteiger charge is -2.24. The maximum atomic E-state index is 11.3. The first kappa shape index (κ1) is 23.3. The van der Waals surface area contributed by atoms with Gasteiger partial charge in [0, 0.05) is 34.3 Å². The SMILES string of the molecule is Cc1cc(C)cc(-c2cnc3cc(Cl)c(/C=C/C(N)=O)cc3c2OCC[C@@H]2CCCCN2)c1. The van der Waals surface area contributed by atoms with E-state index in [0.29, 0.717) is 23.2 Å². The van der Waals surface area contributed by atoms with E-state index in [9.17, 15) is 4.79 Å². The third-order valence-corrected chi connectivity index (χ3v) is 6.35. The van der Waals surface area contributed by atoms with E-state index in [0.717, 1.165) is 40.7 Å². The summed E-state index contributed by atoms with van der Waals surface area (Å²) in [4.78, 5) is 15.9. The number of benzene rings is 2. The molecule has 0 bridgehead atoms. The van der Waals surface area contributed by atoms with Gasteiger partial charge < -0.3 is 15.8 Å². The second kappa shape index (κ2) is 10.4. The van der Waals surface area contributed by atoms with Crippen molar-refractivity contribution in [1.82, 2.24) is 10.3 Å². The first-order valence-corrected chi connectivity index (χ1v) is 11.8. The van der Waals surface area contributed by atoms with Crippen LogP contribution in [0.1, 0.15) is 42.4 Å². The van der Waals surface area contributed by atoms with Gasteiger partial charge in [0.2, 0.25) is 5.91 Å². The molecule has 33 heavy (non-hydrogen) atoms. The van der Waals surface area contributed by atoms with Crippen LogP contribution in [0, 0.1) is 13.8 Å². The average molecular weight is 464 g/mol. The number of nitrogens with two attached hydrogens (primary N) is 1. The molecular weight excluding hydrogens is 434 g/mol. The number of rotatable bonds is 7. The number of aryl methyl sites for hydroxylation is 2. The molecule has 1 amide bonds. The van der Waals surface area contributed by atoms with Crippen molar-refractivity contribution in [1.29, 1.82) is 0 Å². The van der Waals surface area contributed by atoms with Gasteiger partial charge in [-0.05, 0) is 69.0 Å². The Morgan fingerprint density at radius 1 is 1.21 bits per heavy atom. The zero-order valence-corrected chi connectivity index (χ0v) is 19.9. The van der Waals surface area contributed by atoms with Crippen LogP contribution in [0.3, 0.4) is 0 Å². The predicted molar refractivity (Wildman–Crippen MR) is 136 cm³/mol. The van der Waals surface area contributed by atoms with Gasteiger partial charge in [-0.15, -0.1) is 0 Å². The molecule has 1 saturated heterocycles. The molecule has 0 radical (unpaired) electrons. The van der Waals surface area contributed by atoms with Crippen molar-refractivity contribution in [3.05, 3.63) is 64.3 Å². The van der Waals surface area contributed by atoms with Crippen LogP contribution in [0.25, 0.3) is 28.1 Å². The van der Waals surface area contributed by atoms with E-state index >= 15 is 0 Å². The van der Waals surface area contributed by atoms with E-state index in [1.165, 1.54) is 36.5 Å². The number of nitrogens with zero attached hydrogens (tertiary/aromatic N) is 1. The number of amides is 1. The Balaban J connectivity index is 1.78. The summed E-state index contributed by atoms with van der Waals surface area (Å²) in [6.07, 6.45) is 9.43. The van der Waals surface area contributed by atoms with Gasteiger partial charge in [0.1, 0.15) is 5.75 Å². The molecule has 1 atom stereocenters. The number of halogens is 1.